The highest BCUT2D eigenvalue weighted by Gasteiger charge is 2.26. The summed E-state index contributed by atoms with van der Waals surface area (Å²) < 4.78 is 32.3. The van der Waals surface area contributed by atoms with Crippen LogP contribution in [0.2, 0.25) is 0 Å². The molecule has 0 aliphatic carbocycles. The Morgan fingerprint density at radius 1 is 1.03 bits per heavy atom. The molecule has 2 rings (SSSR count). The van der Waals surface area contributed by atoms with Crippen molar-refractivity contribution < 1.29 is 27.2 Å². The van der Waals surface area contributed by atoms with Gasteiger partial charge in [-0.2, -0.15) is 0 Å². The van der Waals surface area contributed by atoms with E-state index in [1.807, 2.05) is 0 Å². The lowest BCUT2D eigenvalue weighted by molar-refractivity contribution is -0.117. The molecule has 0 aliphatic heterocycles. The van der Waals surface area contributed by atoms with E-state index in [4.69, 9.17) is 10.2 Å². The van der Waals surface area contributed by atoms with Crippen LogP contribution < -0.4 is 21.1 Å². The van der Waals surface area contributed by atoms with Crippen molar-refractivity contribution in [3.8, 4) is 0 Å². The molecule has 0 radical (unpaired) electrons. The fourth-order valence-corrected chi connectivity index (χ4v) is 3.76. The SMILES string of the molecule is CC(C)(C)NS(=O)(=O)c1ccc(C(=O)Nc2ccccc2C(=O)NCCC(N)=O)o1. The fourth-order valence-electron chi connectivity index (χ4n) is 2.41. The van der Waals surface area contributed by atoms with Crippen LogP contribution >= 0.6 is 0 Å². The molecule has 0 saturated heterocycles. The molecule has 0 fully saturated rings. The van der Waals surface area contributed by atoms with E-state index in [1.165, 1.54) is 24.3 Å². The minimum absolute atomic E-state index is 0.0213. The van der Waals surface area contributed by atoms with Crippen molar-refractivity contribution in [1.82, 2.24) is 10.0 Å². The van der Waals surface area contributed by atoms with Crippen LogP contribution in [0.25, 0.3) is 0 Å². The first-order valence-electron chi connectivity index (χ1n) is 9.00. The van der Waals surface area contributed by atoms with E-state index in [0.717, 1.165) is 0 Å². The summed E-state index contributed by atoms with van der Waals surface area (Å²) in [5, 5.41) is 4.64. The normalized spacial score (nSPS) is 11.7. The number of hydrogen-bond acceptors (Lipinski definition) is 6. The molecule has 0 saturated carbocycles. The molecule has 3 amide bonds. The monoisotopic (exact) mass is 436 g/mol. The Morgan fingerprint density at radius 2 is 1.70 bits per heavy atom. The predicted molar refractivity (Wildman–Crippen MR) is 109 cm³/mol. The number of anilines is 1. The maximum absolute atomic E-state index is 12.5. The summed E-state index contributed by atoms with van der Waals surface area (Å²) in [6.45, 7) is 5.07. The Balaban J connectivity index is 2.15. The number of rotatable bonds is 8. The van der Waals surface area contributed by atoms with Crippen molar-refractivity contribution in [3.05, 3.63) is 47.7 Å². The molecule has 0 atom stereocenters. The van der Waals surface area contributed by atoms with E-state index in [0.29, 0.717) is 0 Å². The third kappa shape index (κ3) is 6.42. The highest BCUT2D eigenvalue weighted by Crippen LogP contribution is 2.20. The van der Waals surface area contributed by atoms with Crippen LogP contribution in [0, 0.1) is 0 Å². The molecule has 11 heteroatoms. The summed E-state index contributed by atoms with van der Waals surface area (Å²) in [7, 11) is -3.94. The van der Waals surface area contributed by atoms with E-state index in [1.54, 1.807) is 32.9 Å². The Morgan fingerprint density at radius 3 is 2.33 bits per heavy atom. The highest BCUT2D eigenvalue weighted by molar-refractivity contribution is 7.89. The zero-order valence-corrected chi connectivity index (χ0v) is 17.6. The second kappa shape index (κ2) is 9.09. The van der Waals surface area contributed by atoms with Crippen LogP contribution in [0.15, 0.2) is 45.9 Å². The molecule has 1 heterocycles. The number of furan rings is 1. The van der Waals surface area contributed by atoms with Gasteiger partial charge in [-0.15, -0.1) is 0 Å². The molecular weight excluding hydrogens is 412 g/mol. The van der Waals surface area contributed by atoms with Crippen molar-refractivity contribution in [1.29, 1.82) is 0 Å². The Bertz CT molecular complexity index is 1050. The summed E-state index contributed by atoms with van der Waals surface area (Å²) >= 11 is 0. The van der Waals surface area contributed by atoms with Crippen molar-refractivity contribution in [2.24, 2.45) is 5.73 Å². The van der Waals surface area contributed by atoms with E-state index < -0.39 is 38.4 Å². The average molecular weight is 436 g/mol. The van der Waals surface area contributed by atoms with Crippen molar-refractivity contribution in [3.63, 3.8) is 0 Å². The maximum Gasteiger partial charge on any atom is 0.291 e. The number of hydrogen-bond donors (Lipinski definition) is 4. The van der Waals surface area contributed by atoms with Gasteiger partial charge in [0.2, 0.25) is 11.0 Å². The first kappa shape index (κ1) is 23.1. The molecule has 0 aliphatic rings. The summed E-state index contributed by atoms with van der Waals surface area (Å²) in [6, 6.07) is 8.60. The zero-order valence-electron chi connectivity index (χ0n) is 16.8. The molecule has 10 nitrogen and oxygen atoms in total. The molecule has 2 aromatic rings. The second-order valence-electron chi connectivity index (χ2n) is 7.45. The number of carbonyl (C=O) groups excluding carboxylic acids is 3. The van der Waals surface area contributed by atoms with Gasteiger partial charge < -0.3 is 20.8 Å². The van der Waals surface area contributed by atoms with Crippen LogP contribution in [0.5, 0.6) is 0 Å². The third-order valence-corrected chi connectivity index (χ3v) is 5.22. The first-order valence-corrected chi connectivity index (χ1v) is 10.5. The number of amides is 3. The van der Waals surface area contributed by atoms with Crippen LogP contribution in [-0.2, 0) is 14.8 Å². The molecule has 1 aromatic carbocycles. The van der Waals surface area contributed by atoms with Gasteiger partial charge in [0.05, 0.1) is 11.3 Å². The lowest BCUT2D eigenvalue weighted by atomic mass is 10.1. The van der Waals surface area contributed by atoms with Crippen LogP contribution in [0.1, 0.15) is 48.1 Å². The van der Waals surface area contributed by atoms with Gasteiger partial charge in [0, 0.05) is 18.5 Å². The Labute approximate surface area is 174 Å². The largest absolute Gasteiger partial charge is 0.438 e. The van der Waals surface area contributed by atoms with Gasteiger partial charge >= 0.3 is 0 Å². The molecule has 0 unspecified atom stereocenters. The number of nitrogens with two attached hydrogens (primary N) is 1. The second-order valence-corrected chi connectivity index (χ2v) is 9.06. The van der Waals surface area contributed by atoms with Crippen molar-refractivity contribution in [2.45, 2.75) is 37.8 Å². The number of sulfonamides is 1. The number of nitrogens with one attached hydrogen (secondary N) is 3. The van der Waals surface area contributed by atoms with E-state index in [-0.39, 0.29) is 30.0 Å². The minimum Gasteiger partial charge on any atom is -0.438 e. The molecular formula is C19H24N4O6S. The molecule has 162 valence electrons. The predicted octanol–water partition coefficient (Wildman–Crippen LogP) is 1.21. The van der Waals surface area contributed by atoms with Crippen LogP contribution in [0.4, 0.5) is 5.69 Å². The van der Waals surface area contributed by atoms with Gasteiger partial charge in [0.25, 0.3) is 21.8 Å². The van der Waals surface area contributed by atoms with E-state index in [2.05, 4.69) is 15.4 Å². The van der Waals surface area contributed by atoms with Crippen molar-refractivity contribution in [2.75, 3.05) is 11.9 Å². The highest BCUT2D eigenvalue weighted by atomic mass is 32.2. The standard InChI is InChI=1S/C19H24N4O6S/c1-19(2,3)23-30(27,28)16-9-8-14(29-16)18(26)22-13-7-5-4-6-12(13)17(25)21-11-10-15(20)24/h4-9,23H,10-11H2,1-3H3,(H2,20,24)(H,21,25)(H,22,26). The Kier molecular flexibility index (Phi) is 7.00. The quantitative estimate of drug-likeness (QED) is 0.486. The van der Waals surface area contributed by atoms with Gasteiger partial charge in [-0.25, -0.2) is 13.1 Å². The maximum atomic E-state index is 12.5. The molecule has 5 N–H and O–H groups in total. The summed E-state index contributed by atoms with van der Waals surface area (Å²) in [5.41, 5.74) is 4.66. The Hall–Kier alpha value is -3.18. The molecule has 30 heavy (non-hydrogen) atoms. The van der Waals surface area contributed by atoms with Gasteiger partial charge in [-0.1, -0.05) is 12.1 Å². The van der Waals surface area contributed by atoms with Gasteiger partial charge in [-0.3, -0.25) is 14.4 Å². The molecule has 0 bridgehead atoms. The smallest absolute Gasteiger partial charge is 0.291 e. The van der Waals surface area contributed by atoms with Crippen molar-refractivity contribution >= 4 is 33.4 Å². The number of para-hydroxylation sites is 1. The van der Waals surface area contributed by atoms with Gasteiger partial charge in [0.1, 0.15) is 0 Å². The van der Waals surface area contributed by atoms with Crippen LogP contribution in [0.3, 0.4) is 0 Å². The average Bonchev–Trinajstić information content (AvgIpc) is 3.11. The van der Waals surface area contributed by atoms with Gasteiger partial charge in [-0.05, 0) is 45.0 Å². The molecule has 0 spiro atoms. The topological polar surface area (TPSA) is 161 Å². The number of carbonyl (C=O) groups is 3. The lowest BCUT2D eigenvalue weighted by Crippen LogP contribution is -2.40. The van der Waals surface area contributed by atoms with E-state index >= 15 is 0 Å². The van der Waals surface area contributed by atoms with Crippen LogP contribution in [-0.4, -0.2) is 38.2 Å². The number of primary amides is 1. The van der Waals surface area contributed by atoms with Gasteiger partial charge in [0.15, 0.2) is 5.76 Å². The minimum atomic E-state index is -3.94. The summed E-state index contributed by atoms with van der Waals surface area (Å²) in [4.78, 5) is 35.6. The third-order valence-electron chi connectivity index (χ3n) is 3.59. The number of benzene rings is 1. The first-order chi connectivity index (χ1) is 13.9. The van der Waals surface area contributed by atoms with E-state index in [9.17, 15) is 22.8 Å². The molecule has 1 aromatic heterocycles. The zero-order chi connectivity index (χ0) is 22.5. The summed E-state index contributed by atoms with van der Waals surface area (Å²) in [5.74, 6) is -2.04. The summed E-state index contributed by atoms with van der Waals surface area (Å²) in [6.07, 6.45) is -0.0213. The fraction of sp³-hybridized carbons (Fsp3) is 0.316. The lowest BCUT2D eigenvalue weighted by Gasteiger charge is -2.18.